The molecule has 4 nitrogen and oxygen atoms in total. The molecule has 0 fully saturated rings. The Morgan fingerprint density at radius 3 is 2.50 bits per heavy atom. The van der Waals surface area contributed by atoms with Gasteiger partial charge in [0.15, 0.2) is 11.5 Å². The Kier molecular flexibility index (Phi) is 3.13. The number of phenolic OH excluding ortho intramolecular Hbond substituents is 1. The van der Waals surface area contributed by atoms with Crippen LogP contribution in [0.15, 0.2) is 54.6 Å². The van der Waals surface area contributed by atoms with Gasteiger partial charge in [0.1, 0.15) is 11.3 Å². The van der Waals surface area contributed by atoms with Crippen molar-refractivity contribution in [3.8, 4) is 23.1 Å². The number of pyridine rings is 1. The molecule has 0 spiro atoms. The standard InChI is InChI=1S/C16H13NO3/c1-19-13-7-2-3-8-14(13)20-15-10-9-11-5-4-6-12(18)16(11)17-15/h2-10,18H,1H3. The third kappa shape index (κ3) is 2.23. The van der Waals surface area contributed by atoms with E-state index in [2.05, 4.69) is 4.98 Å². The first-order chi connectivity index (χ1) is 9.78. The van der Waals surface area contributed by atoms with Crippen molar-refractivity contribution in [2.24, 2.45) is 0 Å². The molecule has 0 bridgehead atoms. The van der Waals surface area contributed by atoms with E-state index in [1.54, 1.807) is 31.4 Å². The lowest BCUT2D eigenvalue weighted by atomic mass is 10.2. The van der Waals surface area contributed by atoms with Crippen LogP contribution in [0.25, 0.3) is 10.9 Å². The van der Waals surface area contributed by atoms with Gasteiger partial charge >= 0.3 is 0 Å². The van der Waals surface area contributed by atoms with Gasteiger partial charge in [0, 0.05) is 11.5 Å². The maximum Gasteiger partial charge on any atom is 0.220 e. The highest BCUT2D eigenvalue weighted by Gasteiger charge is 2.07. The third-order valence-electron chi connectivity index (χ3n) is 2.96. The number of fused-ring (bicyclic) bond motifs is 1. The first-order valence-electron chi connectivity index (χ1n) is 6.17. The van der Waals surface area contributed by atoms with Crippen molar-refractivity contribution in [1.29, 1.82) is 0 Å². The summed E-state index contributed by atoms with van der Waals surface area (Å²) in [6.45, 7) is 0. The molecule has 0 atom stereocenters. The van der Waals surface area contributed by atoms with E-state index in [1.165, 1.54) is 0 Å². The topological polar surface area (TPSA) is 51.6 Å². The summed E-state index contributed by atoms with van der Waals surface area (Å²) >= 11 is 0. The summed E-state index contributed by atoms with van der Waals surface area (Å²) in [4.78, 5) is 4.32. The number of benzene rings is 2. The van der Waals surface area contributed by atoms with Gasteiger partial charge in [-0.3, -0.25) is 0 Å². The molecule has 2 aromatic carbocycles. The molecule has 0 aliphatic carbocycles. The van der Waals surface area contributed by atoms with Crippen LogP contribution in [0.1, 0.15) is 0 Å². The van der Waals surface area contributed by atoms with Crippen LogP contribution in [0.2, 0.25) is 0 Å². The molecular formula is C16H13NO3. The van der Waals surface area contributed by atoms with E-state index in [9.17, 15) is 5.11 Å². The molecule has 1 heterocycles. The fraction of sp³-hybridized carbons (Fsp3) is 0.0625. The molecule has 1 aromatic heterocycles. The molecule has 0 saturated heterocycles. The second kappa shape index (κ2) is 5.09. The predicted octanol–water partition coefficient (Wildman–Crippen LogP) is 3.74. The zero-order chi connectivity index (χ0) is 13.9. The number of hydrogen-bond donors (Lipinski definition) is 1. The molecule has 0 unspecified atom stereocenters. The minimum atomic E-state index is 0.132. The first kappa shape index (κ1) is 12.3. The monoisotopic (exact) mass is 267 g/mol. The number of phenols is 1. The fourth-order valence-corrected chi connectivity index (χ4v) is 1.99. The number of aromatic hydroxyl groups is 1. The Morgan fingerprint density at radius 2 is 1.70 bits per heavy atom. The van der Waals surface area contributed by atoms with E-state index in [4.69, 9.17) is 9.47 Å². The molecule has 0 amide bonds. The van der Waals surface area contributed by atoms with Crippen LogP contribution in [-0.2, 0) is 0 Å². The lowest BCUT2D eigenvalue weighted by Crippen LogP contribution is -1.92. The number of nitrogens with zero attached hydrogens (tertiary/aromatic N) is 1. The summed E-state index contributed by atoms with van der Waals surface area (Å²) in [5.41, 5.74) is 0.514. The Morgan fingerprint density at radius 1 is 0.900 bits per heavy atom. The Hall–Kier alpha value is -2.75. The average Bonchev–Trinajstić information content (AvgIpc) is 2.49. The summed E-state index contributed by atoms with van der Waals surface area (Å²) in [5.74, 6) is 1.75. The smallest absolute Gasteiger partial charge is 0.220 e. The average molecular weight is 267 g/mol. The van der Waals surface area contributed by atoms with Crippen molar-refractivity contribution in [2.45, 2.75) is 0 Å². The van der Waals surface area contributed by atoms with Crippen molar-refractivity contribution >= 4 is 10.9 Å². The summed E-state index contributed by atoms with van der Waals surface area (Å²) < 4.78 is 10.9. The van der Waals surface area contributed by atoms with Gasteiger partial charge < -0.3 is 14.6 Å². The number of aromatic nitrogens is 1. The largest absolute Gasteiger partial charge is 0.506 e. The van der Waals surface area contributed by atoms with Crippen molar-refractivity contribution in [3.63, 3.8) is 0 Å². The molecule has 4 heteroatoms. The Labute approximate surface area is 116 Å². The van der Waals surface area contributed by atoms with Crippen molar-refractivity contribution in [2.75, 3.05) is 7.11 Å². The number of hydrogen-bond acceptors (Lipinski definition) is 4. The highest BCUT2D eigenvalue weighted by Crippen LogP contribution is 2.32. The van der Waals surface area contributed by atoms with Gasteiger partial charge in [-0.25, -0.2) is 4.98 Å². The Balaban J connectivity index is 2.01. The summed E-state index contributed by atoms with van der Waals surface area (Å²) in [6.07, 6.45) is 0. The minimum absolute atomic E-state index is 0.132. The van der Waals surface area contributed by atoms with E-state index >= 15 is 0 Å². The van der Waals surface area contributed by atoms with Gasteiger partial charge in [-0.15, -0.1) is 0 Å². The summed E-state index contributed by atoms with van der Waals surface area (Å²) in [7, 11) is 1.59. The molecule has 0 saturated carbocycles. The van der Waals surface area contributed by atoms with Gasteiger partial charge in [-0.2, -0.15) is 0 Å². The molecule has 3 aromatic rings. The maximum atomic E-state index is 9.82. The molecule has 100 valence electrons. The van der Waals surface area contributed by atoms with Gasteiger partial charge in [0.25, 0.3) is 0 Å². The SMILES string of the molecule is COc1ccccc1Oc1ccc2cccc(O)c2n1. The van der Waals surface area contributed by atoms with Gasteiger partial charge in [-0.1, -0.05) is 24.3 Å². The van der Waals surface area contributed by atoms with Gasteiger partial charge in [0.2, 0.25) is 5.88 Å². The highest BCUT2D eigenvalue weighted by atomic mass is 16.5. The zero-order valence-electron chi connectivity index (χ0n) is 10.9. The zero-order valence-corrected chi connectivity index (χ0v) is 10.9. The summed E-state index contributed by atoms with van der Waals surface area (Å²) in [6, 6.07) is 16.2. The normalized spacial score (nSPS) is 10.4. The van der Waals surface area contributed by atoms with Crippen LogP contribution in [-0.4, -0.2) is 17.2 Å². The molecular weight excluding hydrogens is 254 g/mol. The molecule has 0 aliphatic heterocycles. The molecule has 3 rings (SSSR count). The fourth-order valence-electron chi connectivity index (χ4n) is 1.99. The van der Waals surface area contributed by atoms with Crippen LogP contribution in [0.4, 0.5) is 0 Å². The van der Waals surface area contributed by atoms with E-state index in [-0.39, 0.29) is 5.75 Å². The van der Waals surface area contributed by atoms with Crippen LogP contribution in [0.3, 0.4) is 0 Å². The number of para-hydroxylation sites is 3. The lowest BCUT2D eigenvalue weighted by molar-refractivity contribution is 0.374. The van der Waals surface area contributed by atoms with Crippen molar-refractivity contribution < 1.29 is 14.6 Å². The Bertz CT molecular complexity index is 756. The molecule has 1 N–H and O–H groups in total. The van der Waals surface area contributed by atoms with Crippen LogP contribution >= 0.6 is 0 Å². The number of methoxy groups -OCH3 is 1. The molecule has 0 radical (unpaired) electrons. The van der Waals surface area contributed by atoms with Gasteiger partial charge in [-0.05, 0) is 24.3 Å². The van der Waals surface area contributed by atoms with E-state index < -0.39 is 0 Å². The predicted molar refractivity (Wildman–Crippen MR) is 76.5 cm³/mol. The van der Waals surface area contributed by atoms with Gasteiger partial charge in [0.05, 0.1) is 7.11 Å². The first-order valence-corrected chi connectivity index (χ1v) is 6.17. The third-order valence-corrected chi connectivity index (χ3v) is 2.96. The maximum absolute atomic E-state index is 9.82. The highest BCUT2D eigenvalue weighted by molar-refractivity contribution is 5.84. The van der Waals surface area contributed by atoms with Crippen molar-refractivity contribution in [1.82, 2.24) is 4.98 Å². The quantitative estimate of drug-likeness (QED) is 0.785. The molecule has 20 heavy (non-hydrogen) atoms. The van der Waals surface area contributed by atoms with E-state index in [1.807, 2.05) is 30.3 Å². The molecule has 0 aliphatic rings. The minimum Gasteiger partial charge on any atom is -0.506 e. The number of rotatable bonds is 3. The van der Waals surface area contributed by atoms with E-state index in [0.717, 1.165) is 5.39 Å². The second-order valence-corrected chi connectivity index (χ2v) is 4.25. The van der Waals surface area contributed by atoms with Crippen LogP contribution < -0.4 is 9.47 Å². The summed E-state index contributed by atoms with van der Waals surface area (Å²) in [5, 5.41) is 10.7. The van der Waals surface area contributed by atoms with Crippen LogP contribution in [0.5, 0.6) is 23.1 Å². The van der Waals surface area contributed by atoms with Crippen molar-refractivity contribution in [3.05, 3.63) is 54.6 Å². The lowest BCUT2D eigenvalue weighted by Gasteiger charge is -2.09. The van der Waals surface area contributed by atoms with Crippen LogP contribution in [0, 0.1) is 0 Å². The van der Waals surface area contributed by atoms with E-state index in [0.29, 0.717) is 22.9 Å². The second-order valence-electron chi connectivity index (χ2n) is 4.25. The number of ether oxygens (including phenoxy) is 2.